The summed E-state index contributed by atoms with van der Waals surface area (Å²) in [5.41, 5.74) is 1.93. The first-order chi connectivity index (χ1) is 8.20. The molecule has 88 valence electrons. The minimum absolute atomic E-state index is 0.388. The minimum Gasteiger partial charge on any atom is -0.438 e. The van der Waals surface area contributed by atoms with E-state index in [0.717, 1.165) is 21.3 Å². The molecule has 0 fully saturated rings. The van der Waals surface area contributed by atoms with E-state index < -0.39 is 0 Å². The van der Waals surface area contributed by atoms with Crippen LogP contribution in [0.2, 0.25) is 0 Å². The number of hydrogen-bond acceptors (Lipinski definition) is 2. The number of aromatic nitrogens is 1. The van der Waals surface area contributed by atoms with E-state index >= 15 is 0 Å². The van der Waals surface area contributed by atoms with Crippen LogP contribution in [0, 0.1) is 6.92 Å². The van der Waals surface area contributed by atoms with Crippen molar-refractivity contribution in [1.29, 1.82) is 0 Å². The normalized spacial score (nSPS) is 10.3. The Bertz CT molecular complexity index is 531. The lowest BCUT2D eigenvalue weighted by atomic mass is 10.2. The van der Waals surface area contributed by atoms with Gasteiger partial charge < -0.3 is 4.74 Å². The molecular weight excluding hydrogens is 302 g/mol. The molecule has 2 rings (SSSR count). The van der Waals surface area contributed by atoms with Crippen LogP contribution in [0.1, 0.15) is 11.1 Å². The standard InChI is InChI=1S/C13H11BrClNO/c1-9-7-11(14)4-5-12(9)17-13-10(8-15)3-2-6-16-13/h2-7H,8H2,1H3. The highest BCUT2D eigenvalue weighted by Gasteiger charge is 2.07. The summed E-state index contributed by atoms with van der Waals surface area (Å²) in [4.78, 5) is 4.19. The molecule has 0 N–H and O–H groups in total. The highest BCUT2D eigenvalue weighted by atomic mass is 79.9. The molecule has 0 radical (unpaired) electrons. The average Bonchev–Trinajstić information content (AvgIpc) is 2.33. The summed E-state index contributed by atoms with van der Waals surface area (Å²) in [5.74, 6) is 1.74. The van der Waals surface area contributed by atoms with Gasteiger partial charge in [-0.05, 0) is 36.8 Å². The molecule has 4 heteroatoms. The van der Waals surface area contributed by atoms with Crippen molar-refractivity contribution in [3.63, 3.8) is 0 Å². The third-order valence-electron chi connectivity index (χ3n) is 2.34. The summed E-state index contributed by atoms with van der Waals surface area (Å²) in [6, 6.07) is 9.60. The average molecular weight is 313 g/mol. The number of pyridine rings is 1. The predicted molar refractivity (Wildman–Crippen MR) is 72.7 cm³/mol. The summed E-state index contributed by atoms with van der Waals surface area (Å²) in [5, 5.41) is 0. The van der Waals surface area contributed by atoms with Crippen molar-refractivity contribution in [3.05, 3.63) is 52.1 Å². The minimum atomic E-state index is 0.388. The van der Waals surface area contributed by atoms with Gasteiger partial charge in [0.1, 0.15) is 5.75 Å². The van der Waals surface area contributed by atoms with Gasteiger partial charge in [-0.15, -0.1) is 11.6 Å². The second-order valence-corrected chi connectivity index (χ2v) is 4.80. The second-order valence-electron chi connectivity index (χ2n) is 3.61. The van der Waals surface area contributed by atoms with E-state index in [1.807, 2.05) is 37.3 Å². The number of aryl methyl sites for hydroxylation is 1. The van der Waals surface area contributed by atoms with Crippen molar-refractivity contribution in [2.24, 2.45) is 0 Å². The van der Waals surface area contributed by atoms with E-state index in [9.17, 15) is 0 Å². The number of rotatable bonds is 3. The van der Waals surface area contributed by atoms with Crippen molar-refractivity contribution in [2.75, 3.05) is 0 Å². The van der Waals surface area contributed by atoms with Crippen molar-refractivity contribution in [3.8, 4) is 11.6 Å². The summed E-state index contributed by atoms with van der Waals surface area (Å²) >= 11 is 9.25. The van der Waals surface area contributed by atoms with E-state index in [1.165, 1.54) is 0 Å². The molecule has 2 aromatic rings. The highest BCUT2D eigenvalue weighted by Crippen LogP contribution is 2.28. The molecule has 0 aliphatic rings. The van der Waals surface area contributed by atoms with Gasteiger partial charge in [0.25, 0.3) is 0 Å². The molecule has 0 saturated heterocycles. The van der Waals surface area contributed by atoms with Crippen LogP contribution in [0.15, 0.2) is 41.0 Å². The highest BCUT2D eigenvalue weighted by molar-refractivity contribution is 9.10. The lowest BCUT2D eigenvalue weighted by Gasteiger charge is -2.10. The van der Waals surface area contributed by atoms with E-state index in [4.69, 9.17) is 16.3 Å². The Morgan fingerprint density at radius 1 is 1.35 bits per heavy atom. The molecular formula is C13H11BrClNO. The number of ether oxygens (including phenoxy) is 1. The molecule has 0 unspecified atom stereocenters. The Morgan fingerprint density at radius 3 is 2.88 bits per heavy atom. The number of alkyl halides is 1. The molecule has 2 nitrogen and oxygen atoms in total. The van der Waals surface area contributed by atoms with Crippen LogP contribution < -0.4 is 4.74 Å². The summed E-state index contributed by atoms with van der Waals surface area (Å²) in [7, 11) is 0. The van der Waals surface area contributed by atoms with E-state index in [1.54, 1.807) is 6.20 Å². The monoisotopic (exact) mass is 311 g/mol. The third kappa shape index (κ3) is 2.99. The van der Waals surface area contributed by atoms with Gasteiger partial charge >= 0.3 is 0 Å². The molecule has 0 bridgehead atoms. The van der Waals surface area contributed by atoms with Gasteiger partial charge in [0, 0.05) is 16.2 Å². The van der Waals surface area contributed by atoms with Crippen molar-refractivity contribution in [1.82, 2.24) is 4.98 Å². The van der Waals surface area contributed by atoms with Gasteiger partial charge in [-0.3, -0.25) is 0 Å². The number of hydrogen-bond donors (Lipinski definition) is 0. The van der Waals surface area contributed by atoms with Crippen LogP contribution in [0.3, 0.4) is 0 Å². The maximum absolute atomic E-state index is 5.84. The SMILES string of the molecule is Cc1cc(Br)ccc1Oc1ncccc1CCl. The van der Waals surface area contributed by atoms with Gasteiger partial charge in [-0.1, -0.05) is 22.0 Å². The van der Waals surface area contributed by atoms with E-state index in [2.05, 4.69) is 20.9 Å². The van der Waals surface area contributed by atoms with Gasteiger partial charge in [0.05, 0.1) is 5.88 Å². The van der Waals surface area contributed by atoms with Crippen LogP contribution in [-0.2, 0) is 5.88 Å². The smallest absolute Gasteiger partial charge is 0.223 e. The predicted octanol–water partition coefficient (Wildman–Crippen LogP) is 4.68. The molecule has 0 aliphatic heterocycles. The molecule has 1 heterocycles. The topological polar surface area (TPSA) is 22.1 Å². The Hall–Kier alpha value is -1.06. The molecule has 0 spiro atoms. The zero-order valence-corrected chi connectivity index (χ0v) is 11.6. The third-order valence-corrected chi connectivity index (χ3v) is 3.12. The molecule has 1 aromatic carbocycles. The maximum Gasteiger partial charge on any atom is 0.223 e. The Kier molecular flexibility index (Phi) is 4.02. The Balaban J connectivity index is 2.31. The molecule has 0 atom stereocenters. The van der Waals surface area contributed by atoms with Gasteiger partial charge in [0.2, 0.25) is 5.88 Å². The Morgan fingerprint density at radius 2 is 2.18 bits per heavy atom. The van der Waals surface area contributed by atoms with Crippen LogP contribution in [0.4, 0.5) is 0 Å². The number of benzene rings is 1. The largest absolute Gasteiger partial charge is 0.438 e. The Labute approximate surface area is 114 Å². The maximum atomic E-state index is 5.84. The van der Waals surface area contributed by atoms with Crippen LogP contribution >= 0.6 is 27.5 Å². The zero-order chi connectivity index (χ0) is 12.3. The lowest BCUT2D eigenvalue weighted by molar-refractivity contribution is 0.455. The fraction of sp³-hybridized carbons (Fsp3) is 0.154. The first kappa shape index (κ1) is 12.4. The van der Waals surface area contributed by atoms with E-state index in [0.29, 0.717) is 11.8 Å². The van der Waals surface area contributed by atoms with Crippen LogP contribution in [0.25, 0.3) is 0 Å². The second kappa shape index (κ2) is 5.52. The molecule has 0 saturated carbocycles. The number of nitrogens with zero attached hydrogens (tertiary/aromatic N) is 1. The molecule has 17 heavy (non-hydrogen) atoms. The van der Waals surface area contributed by atoms with Gasteiger partial charge in [-0.25, -0.2) is 4.98 Å². The first-order valence-electron chi connectivity index (χ1n) is 5.14. The quantitative estimate of drug-likeness (QED) is 0.767. The van der Waals surface area contributed by atoms with Gasteiger partial charge in [0.15, 0.2) is 0 Å². The van der Waals surface area contributed by atoms with Crippen LogP contribution in [0.5, 0.6) is 11.6 Å². The van der Waals surface area contributed by atoms with E-state index in [-0.39, 0.29) is 0 Å². The molecule has 1 aromatic heterocycles. The first-order valence-corrected chi connectivity index (χ1v) is 6.47. The molecule has 0 amide bonds. The summed E-state index contributed by atoms with van der Waals surface area (Å²) in [6.45, 7) is 1.99. The van der Waals surface area contributed by atoms with Crippen molar-refractivity contribution in [2.45, 2.75) is 12.8 Å². The zero-order valence-electron chi connectivity index (χ0n) is 9.28. The van der Waals surface area contributed by atoms with Gasteiger partial charge in [-0.2, -0.15) is 0 Å². The fourth-order valence-electron chi connectivity index (χ4n) is 1.45. The molecule has 0 aliphatic carbocycles. The van der Waals surface area contributed by atoms with Crippen LogP contribution in [-0.4, -0.2) is 4.98 Å². The number of halogens is 2. The van der Waals surface area contributed by atoms with Crippen molar-refractivity contribution < 1.29 is 4.74 Å². The van der Waals surface area contributed by atoms with Crippen molar-refractivity contribution >= 4 is 27.5 Å². The summed E-state index contributed by atoms with van der Waals surface area (Å²) in [6.07, 6.45) is 1.69. The lowest BCUT2D eigenvalue weighted by Crippen LogP contribution is -1.94. The fourth-order valence-corrected chi connectivity index (χ4v) is 2.13. The summed E-state index contributed by atoms with van der Waals surface area (Å²) < 4.78 is 6.80.